The lowest BCUT2D eigenvalue weighted by molar-refractivity contribution is 0.333. The van der Waals surface area contributed by atoms with Crippen molar-refractivity contribution < 1.29 is 0 Å². The van der Waals surface area contributed by atoms with Crippen LogP contribution in [0, 0.1) is 15.9 Å². The Morgan fingerprint density at radius 2 is 1.88 bits per heavy atom. The quantitative estimate of drug-likeness (QED) is 0.593. The Balaban J connectivity index is 2.22. The zero-order valence-corrected chi connectivity index (χ0v) is 11.9. The van der Waals surface area contributed by atoms with Crippen LogP contribution in [0.4, 0.5) is 5.69 Å². The lowest BCUT2D eigenvalue weighted by atomic mass is 10.1. The highest BCUT2D eigenvalue weighted by atomic mass is 32.1. The van der Waals surface area contributed by atoms with E-state index in [1.165, 1.54) is 13.0 Å². The van der Waals surface area contributed by atoms with Crippen LogP contribution in [0.1, 0.15) is 25.3 Å². The first-order valence-corrected chi connectivity index (χ1v) is 6.62. The molecular weight excluding hydrogens is 236 g/mol. The largest absolute Gasteiger partial charge is 0.384 e. The van der Waals surface area contributed by atoms with Crippen LogP contribution in [0.25, 0.3) is 0 Å². The molecule has 0 bridgehead atoms. The lowest BCUT2D eigenvalue weighted by Crippen LogP contribution is -2.22. The Morgan fingerprint density at radius 1 is 1.19 bits per heavy atom. The molecule has 0 aliphatic heterocycles. The fraction of sp³-hybridized carbons (Fsp3) is 0.667. The molecule has 0 aliphatic rings. The zero-order valence-electron chi connectivity index (χ0n) is 10.3. The minimum Gasteiger partial charge on any atom is -0.384 e. The minimum absolute atomic E-state index is 0.842. The number of nitrogens with zero attached hydrogens (tertiary/aromatic N) is 1. The molecule has 0 fully saturated rings. The maximum Gasteiger partial charge on any atom is 0.0795 e. The average molecular weight is 256 g/mol. The van der Waals surface area contributed by atoms with E-state index in [1.807, 2.05) is 6.92 Å². The van der Waals surface area contributed by atoms with Gasteiger partial charge in [0.05, 0.1) is 14.7 Å². The summed E-state index contributed by atoms with van der Waals surface area (Å²) < 4.78 is 1.70. The van der Waals surface area contributed by atoms with E-state index >= 15 is 0 Å². The lowest BCUT2D eigenvalue weighted by Gasteiger charge is -2.17. The molecule has 2 nitrogen and oxygen atoms in total. The van der Waals surface area contributed by atoms with E-state index in [4.69, 9.17) is 24.4 Å². The van der Waals surface area contributed by atoms with E-state index in [-0.39, 0.29) is 0 Å². The third-order valence-electron chi connectivity index (χ3n) is 2.77. The van der Waals surface area contributed by atoms with Gasteiger partial charge in [-0.3, -0.25) is 0 Å². The van der Waals surface area contributed by atoms with E-state index in [1.54, 1.807) is 0 Å². The minimum atomic E-state index is 0.842. The van der Waals surface area contributed by atoms with Crippen LogP contribution < -0.4 is 5.32 Å². The van der Waals surface area contributed by atoms with Gasteiger partial charge < -0.3 is 10.2 Å². The van der Waals surface area contributed by atoms with Crippen molar-refractivity contribution >= 4 is 30.1 Å². The van der Waals surface area contributed by atoms with E-state index in [2.05, 4.69) is 24.2 Å². The number of hydrogen-bond acceptors (Lipinski definition) is 4. The molecule has 1 rings (SSSR count). The summed E-state index contributed by atoms with van der Waals surface area (Å²) in [7, 11) is 2.16. The molecule has 0 unspecified atom stereocenters. The molecule has 0 atom stereocenters. The second kappa shape index (κ2) is 6.42. The van der Waals surface area contributed by atoms with Gasteiger partial charge in [-0.05, 0) is 45.5 Å². The van der Waals surface area contributed by atoms with Crippen LogP contribution in [0.15, 0.2) is 0 Å². The third-order valence-corrected chi connectivity index (χ3v) is 3.82. The van der Waals surface area contributed by atoms with Crippen molar-refractivity contribution in [2.75, 3.05) is 32.0 Å². The Morgan fingerprint density at radius 3 is 2.44 bits per heavy atom. The van der Waals surface area contributed by atoms with Crippen LogP contribution >= 0.6 is 24.4 Å². The summed E-state index contributed by atoms with van der Waals surface area (Å²) in [4.78, 5) is 2.35. The molecular formula is C12H20N2S2. The van der Waals surface area contributed by atoms with E-state index in [0.29, 0.717) is 0 Å². The molecule has 1 aromatic rings. The monoisotopic (exact) mass is 256 g/mol. The van der Waals surface area contributed by atoms with Gasteiger partial charge in [0.15, 0.2) is 0 Å². The number of anilines is 1. The van der Waals surface area contributed by atoms with E-state index < -0.39 is 0 Å². The first-order chi connectivity index (χ1) is 7.57. The zero-order chi connectivity index (χ0) is 12.1. The number of rotatable bonds is 7. The van der Waals surface area contributed by atoms with Gasteiger partial charge in [0.2, 0.25) is 0 Å². The topological polar surface area (TPSA) is 15.3 Å². The predicted molar refractivity (Wildman–Crippen MR) is 76.1 cm³/mol. The first kappa shape index (κ1) is 13.7. The van der Waals surface area contributed by atoms with Crippen LogP contribution in [-0.4, -0.2) is 31.6 Å². The van der Waals surface area contributed by atoms with Crippen molar-refractivity contribution in [3.8, 4) is 0 Å². The van der Waals surface area contributed by atoms with Gasteiger partial charge in [-0.2, -0.15) is 0 Å². The Bertz CT molecular complexity index is 405. The van der Waals surface area contributed by atoms with Crippen molar-refractivity contribution in [3.63, 3.8) is 0 Å². The Kier molecular flexibility index (Phi) is 5.52. The molecule has 0 spiro atoms. The smallest absolute Gasteiger partial charge is 0.0795 e. The number of hydrogen-bond donors (Lipinski definition) is 1. The molecule has 0 saturated carbocycles. The summed E-state index contributed by atoms with van der Waals surface area (Å²) >= 11 is 10.3. The third kappa shape index (κ3) is 3.34. The molecule has 4 heteroatoms. The maximum atomic E-state index is 5.18. The second-order valence-electron chi connectivity index (χ2n) is 4.24. The average Bonchev–Trinajstić information content (AvgIpc) is 2.28. The fourth-order valence-electron chi connectivity index (χ4n) is 1.77. The van der Waals surface area contributed by atoms with Crippen LogP contribution in [0.3, 0.4) is 0 Å². The number of nitrogens with one attached hydrogen (secondary N) is 1. The van der Waals surface area contributed by atoms with Gasteiger partial charge in [0, 0.05) is 6.54 Å². The van der Waals surface area contributed by atoms with Crippen LogP contribution in [0.2, 0.25) is 0 Å². The van der Waals surface area contributed by atoms with Crippen molar-refractivity contribution in [3.05, 3.63) is 14.6 Å². The summed E-state index contributed by atoms with van der Waals surface area (Å²) in [6.07, 6.45) is 2.36. The highest BCUT2D eigenvalue weighted by molar-refractivity contribution is 7.74. The van der Waals surface area contributed by atoms with Crippen LogP contribution in [-0.2, 0) is 0 Å². The molecule has 1 aromatic carbocycles. The first-order valence-electron chi connectivity index (χ1n) is 5.80. The molecule has 0 aromatic heterocycles. The molecule has 0 heterocycles. The normalized spacial score (nSPS) is 11.2. The maximum absolute atomic E-state index is 5.18. The van der Waals surface area contributed by atoms with E-state index in [0.717, 1.165) is 39.8 Å². The fourth-order valence-corrected chi connectivity index (χ4v) is 2.36. The Labute approximate surface area is 108 Å². The SMILES string of the molecule is CCCN(C)CCCNc1c(C)c(=S)c1=S. The summed E-state index contributed by atoms with van der Waals surface area (Å²) in [6.45, 7) is 7.51. The van der Waals surface area contributed by atoms with Crippen molar-refractivity contribution in [1.82, 2.24) is 4.90 Å². The molecule has 0 radical (unpaired) electrons. The molecule has 1 N–H and O–H groups in total. The standard InChI is InChI=1S/C12H20N2S2/c1-4-7-14(3)8-5-6-13-10-9(2)11(15)12(10)16/h13H,4-8H2,1-3H3. The van der Waals surface area contributed by atoms with Crippen molar-refractivity contribution in [2.45, 2.75) is 26.7 Å². The van der Waals surface area contributed by atoms with Gasteiger partial charge in [0.1, 0.15) is 0 Å². The summed E-state index contributed by atoms with van der Waals surface area (Å²) in [5.41, 5.74) is 2.25. The van der Waals surface area contributed by atoms with Crippen molar-refractivity contribution in [1.29, 1.82) is 0 Å². The van der Waals surface area contributed by atoms with Crippen LogP contribution in [0.5, 0.6) is 0 Å². The predicted octanol–water partition coefficient (Wildman–Crippen LogP) is 3.47. The van der Waals surface area contributed by atoms with Gasteiger partial charge in [-0.1, -0.05) is 31.4 Å². The van der Waals surface area contributed by atoms with Gasteiger partial charge in [-0.15, -0.1) is 0 Å². The molecule has 16 heavy (non-hydrogen) atoms. The highest BCUT2D eigenvalue weighted by Crippen LogP contribution is 2.24. The summed E-state index contributed by atoms with van der Waals surface area (Å²) in [6, 6.07) is 0. The van der Waals surface area contributed by atoms with Crippen molar-refractivity contribution in [2.24, 2.45) is 0 Å². The van der Waals surface area contributed by atoms with Gasteiger partial charge in [-0.25, -0.2) is 0 Å². The molecule has 0 saturated heterocycles. The Hall–Kier alpha value is -0.320. The highest BCUT2D eigenvalue weighted by Gasteiger charge is 2.08. The van der Waals surface area contributed by atoms with Gasteiger partial charge in [0.25, 0.3) is 0 Å². The molecule has 90 valence electrons. The summed E-state index contributed by atoms with van der Waals surface area (Å²) in [5.74, 6) is 0. The van der Waals surface area contributed by atoms with Gasteiger partial charge >= 0.3 is 0 Å². The second-order valence-corrected chi connectivity index (χ2v) is 5.06. The molecule has 0 amide bonds. The molecule has 0 aliphatic carbocycles. The van der Waals surface area contributed by atoms with E-state index in [9.17, 15) is 0 Å². The summed E-state index contributed by atoms with van der Waals surface area (Å²) in [5, 5.41) is 3.37.